The van der Waals surface area contributed by atoms with Gasteiger partial charge in [-0.2, -0.15) is 5.10 Å². The summed E-state index contributed by atoms with van der Waals surface area (Å²) in [5.41, 5.74) is 1.55. The van der Waals surface area contributed by atoms with Crippen molar-refractivity contribution in [2.45, 2.75) is 39.3 Å². The van der Waals surface area contributed by atoms with E-state index in [9.17, 15) is 9.59 Å². The van der Waals surface area contributed by atoms with Crippen molar-refractivity contribution in [3.05, 3.63) is 76.2 Å². The molecule has 0 unspecified atom stereocenters. The Labute approximate surface area is 201 Å². The van der Waals surface area contributed by atoms with Crippen LogP contribution in [-0.4, -0.2) is 64.8 Å². The highest BCUT2D eigenvalue weighted by Crippen LogP contribution is 2.14. The van der Waals surface area contributed by atoms with Gasteiger partial charge in [-0.25, -0.2) is 4.68 Å². The summed E-state index contributed by atoms with van der Waals surface area (Å²) >= 11 is 0. The fourth-order valence-electron chi connectivity index (χ4n) is 4.49. The zero-order valence-electron chi connectivity index (χ0n) is 20.1. The number of nitrogens with zero attached hydrogens (tertiary/aromatic N) is 4. The minimum absolute atomic E-state index is 0.128. The summed E-state index contributed by atoms with van der Waals surface area (Å²) in [7, 11) is 0. The minimum atomic E-state index is -0.219. The molecule has 0 saturated carbocycles. The maximum absolute atomic E-state index is 13.0. The molecule has 1 saturated heterocycles. The molecule has 1 fully saturated rings. The van der Waals surface area contributed by atoms with E-state index >= 15 is 0 Å². The standard InChI is InChI=1S/C27H35N5O2/c1-2-3-9-15-32-27(34)24-13-8-7-12-23(24)25(29-32)26(33)28-14-16-30-17-19-31(20-18-30)21-22-10-5-4-6-11-22/h4-8,10-13H,2-3,9,14-21H2,1H3,(H,28,33). The third-order valence-corrected chi connectivity index (χ3v) is 6.48. The molecule has 2 aromatic carbocycles. The SMILES string of the molecule is CCCCCn1nc(C(=O)NCCN2CCN(Cc3ccccc3)CC2)c2ccccc2c1=O. The second-order valence-electron chi connectivity index (χ2n) is 8.99. The van der Waals surface area contributed by atoms with Crippen LogP contribution in [0.2, 0.25) is 0 Å². The van der Waals surface area contributed by atoms with E-state index in [-0.39, 0.29) is 11.5 Å². The number of piperazine rings is 1. The van der Waals surface area contributed by atoms with Gasteiger partial charge in [0.15, 0.2) is 5.69 Å². The van der Waals surface area contributed by atoms with Crippen LogP contribution in [0.15, 0.2) is 59.4 Å². The Morgan fingerprint density at radius 1 is 0.882 bits per heavy atom. The molecule has 1 N–H and O–H groups in total. The van der Waals surface area contributed by atoms with Crippen LogP contribution in [0.3, 0.4) is 0 Å². The molecule has 1 amide bonds. The van der Waals surface area contributed by atoms with Crippen LogP contribution >= 0.6 is 0 Å². The molecular formula is C27H35N5O2. The van der Waals surface area contributed by atoms with Crippen LogP contribution in [0.4, 0.5) is 0 Å². The first-order valence-electron chi connectivity index (χ1n) is 12.4. The summed E-state index contributed by atoms with van der Waals surface area (Å²) in [4.78, 5) is 30.7. The number of unbranched alkanes of at least 4 members (excludes halogenated alkanes) is 2. The second kappa shape index (κ2) is 11.9. The zero-order chi connectivity index (χ0) is 23.8. The van der Waals surface area contributed by atoms with Crippen molar-refractivity contribution >= 4 is 16.7 Å². The van der Waals surface area contributed by atoms with Crippen molar-refractivity contribution in [3.63, 3.8) is 0 Å². The van der Waals surface area contributed by atoms with E-state index in [1.54, 1.807) is 12.1 Å². The molecule has 1 aromatic heterocycles. The molecule has 4 rings (SSSR count). The highest BCUT2D eigenvalue weighted by Gasteiger charge is 2.19. The van der Waals surface area contributed by atoms with Gasteiger partial charge in [0.05, 0.1) is 5.39 Å². The van der Waals surface area contributed by atoms with Gasteiger partial charge in [0.1, 0.15) is 0 Å². The number of aryl methyl sites for hydroxylation is 1. The third-order valence-electron chi connectivity index (χ3n) is 6.48. The highest BCUT2D eigenvalue weighted by molar-refractivity contribution is 6.04. The van der Waals surface area contributed by atoms with Gasteiger partial charge in [0.25, 0.3) is 11.5 Å². The summed E-state index contributed by atoms with van der Waals surface area (Å²) in [6, 6.07) is 17.8. The molecule has 1 aliphatic heterocycles. The van der Waals surface area contributed by atoms with E-state index in [0.717, 1.165) is 58.5 Å². The fourth-order valence-corrected chi connectivity index (χ4v) is 4.49. The van der Waals surface area contributed by atoms with E-state index in [4.69, 9.17) is 0 Å². The molecule has 1 aliphatic rings. The van der Waals surface area contributed by atoms with E-state index in [1.807, 2.05) is 12.1 Å². The lowest BCUT2D eigenvalue weighted by molar-refractivity contribution is 0.0928. The number of aromatic nitrogens is 2. The second-order valence-corrected chi connectivity index (χ2v) is 8.99. The molecule has 0 radical (unpaired) electrons. The average molecular weight is 462 g/mol. The lowest BCUT2D eigenvalue weighted by atomic mass is 10.1. The van der Waals surface area contributed by atoms with E-state index in [2.05, 4.69) is 57.5 Å². The number of amides is 1. The van der Waals surface area contributed by atoms with Gasteiger partial charge in [-0.3, -0.25) is 19.4 Å². The van der Waals surface area contributed by atoms with Crippen LogP contribution in [0.5, 0.6) is 0 Å². The van der Waals surface area contributed by atoms with Crippen LogP contribution in [-0.2, 0) is 13.1 Å². The average Bonchev–Trinajstić information content (AvgIpc) is 2.87. The van der Waals surface area contributed by atoms with Gasteiger partial charge in [-0.15, -0.1) is 0 Å². The van der Waals surface area contributed by atoms with E-state index < -0.39 is 0 Å². The Hall–Kier alpha value is -3.03. The number of nitrogens with one attached hydrogen (secondary N) is 1. The number of hydrogen-bond acceptors (Lipinski definition) is 5. The number of carbonyl (C=O) groups excluding carboxylic acids is 1. The number of carbonyl (C=O) groups is 1. The van der Waals surface area contributed by atoms with Crippen molar-refractivity contribution in [1.82, 2.24) is 24.9 Å². The summed E-state index contributed by atoms with van der Waals surface area (Å²) in [6.07, 6.45) is 2.97. The summed E-state index contributed by atoms with van der Waals surface area (Å²) in [5, 5.41) is 8.66. The van der Waals surface area contributed by atoms with Gasteiger partial charge in [-0.1, -0.05) is 68.3 Å². The molecule has 7 nitrogen and oxygen atoms in total. The molecule has 0 aliphatic carbocycles. The van der Waals surface area contributed by atoms with Crippen LogP contribution < -0.4 is 10.9 Å². The van der Waals surface area contributed by atoms with Gasteiger partial charge in [0, 0.05) is 57.7 Å². The van der Waals surface area contributed by atoms with E-state index in [0.29, 0.717) is 29.6 Å². The first-order valence-corrected chi connectivity index (χ1v) is 12.4. The lowest BCUT2D eigenvalue weighted by Gasteiger charge is -2.34. The predicted molar refractivity (Wildman–Crippen MR) is 136 cm³/mol. The minimum Gasteiger partial charge on any atom is -0.349 e. The van der Waals surface area contributed by atoms with E-state index in [1.165, 1.54) is 10.2 Å². The first kappa shape index (κ1) is 24.1. The fraction of sp³-hybridized carbons (Fsp3) is 0.444. The van der Waals surface area contributed by atoms with Gasteiger partial charge in [-0.05, 0) is 18.1 Å². The molecular weight excluding hydrogens is 426 g/mol. The summed E-state index contributed by atoms with van der Waals surface area (Å²) in [5.74, 6) is -0.219. The number of fused-ring (bicyclic) bond motifs is 1. The Morgan fingerprint density at radius 3 is 2.29 bits per heavy atom. The Kier molecular flexibility index (Phi) is 8.44. The molecule has 3 aromatic rings. The predicted octanol–water partition coefficient (Wildman–Crippen LogP) is 3.13. The number of benzene rings is 2. The van der Waals surface area contributed by atoms with Crippen molar-refractivity contribution < 1.29 is 4.79 Å². The smallest absolute Gasteiger partial charge is 0.274 e. The van der Waals surface area contributed by atoms with Crippen molar-refractivity contribution in [1.29, 1.82) is 0 Å². The topological polar surface area (TPSA) is 70.5 Å². The number of hydrogen-bond donors (Lipinski definition) is 1. The third kappa shape index (κ3) is 6.10. The maximum atomic E-state index is 13.0. The molecule has 180 valence electrons. The normalized spacial score (nSPS) is 15.0. The summed E-state index contributed by atoms with van der Waals surface area (Å²) < 4.78 is 1.46. The molecule has 0 atom stereocenters. The lowest BCUT2D eigenvalue weighted by Crippen LogP contribution is -2.48. The zero-order valence-corrected chi connectivity index (χ0v) is 20.1. The van der Waals surface area contributed by atoms with Crippen molar-refractivity contribution in [2.24, 2.45) is 0 Å². The maximum Gasteiger partial charge on any atom is 0.274 e. The van der Waals surface area contributed by atoms with Gasteiger partial charge >= 0.3 is 0 Å². The van der Waals surface area contributed by atoms with Crippen molar-refractivity contribution in [2.75, 3.05) is 39.3 Å². The molecule has 0 bridgehead atoms. The Morgan fingerprint density at radius 2 is 1.56 bits per heavy atom. The largest absolute Gasteiger partial charge is 0.349 e. The quantitative estimate of drug-likeness (QED) is 0.470. The Bertz CT molecular complexity index is 1140. The van der Waals surface area contributed by atoms with Crippen LogP contribution in [0.25, 0.3) is 10.8 Å². The van der Waals surface area contributed by atoms with Crippen molar-refractivity contribution in [3.8, 4) is 0 Å². The molecule has 34 heavy (non-hydrogen) atoms. The van der Waals surface area contributed by atoms with Gasteiger partial charge in [0.2, 0.25) is 0 Å². The monoisotopic (exact) mass is 461 g/mol. The highest BCUT2D eigenvalue weighted by atomic mass is 16.2. The van der Waals surface area contributed by atoms with Gasteiger partial charge < -0.3 is 5.32 Å². The van der Waals surface area contributed by atoms with Crippen LogP contribution in [0.1, 0.15) is 42.2 Å². The molecule has 7 heteroatoms. The Balaban J connectivity index is 1.32. The van der Waals surface area contributed by atoms with Crippen LogP contribution in [0, 0.1) is 0 Å². The number of rotatable bonds is 10. The molecule has 0 spiro atoms. The first-order chi connectivity index (χ1) is 16.7. The summed E-state index contributed by atoms with van der Waals surface area (Å²) in [6.45, 7) is 9.04. The molecule has 2 heterocycles.